The van der Waals surface area contributed by atoms with Crippen molar-refractivity contribution in [3.63, 3.8) is 0 Å². The summed E-state index contributed by atoms with van der Waals surface area (Å²) in [7, 11) is 0. The van der Waals surface area contributed by atoms with Crippen molar-refractivity contribution in [3.8, 4) is 0 Å². The van der Waals surface area contributed by atoms with E-state index in [0.717, 1.165) is 6.54 Å². The van der Waals surface area contributed by atoms with E-state index in [1.807, 2.05) is 6.92 Å². The summed E-state index contributed by atoms with van der Waals surface area (Å²) in [6.07, 6.45) is 10.6. The van der Waals surface area contributed by atoms with Crippen molar-refractivity contribution in [1.29, 1.82) is 0 Å². The van der Waals surface area contributed by atoms with Gasteiger partial charge in [-0.2, -0.15) is 0 Å². The number of hydrogen-bond acceptors (Lipinski definition) is 6. The molecular weight excluding hydrogens is 284 g/mol. The van der Waals surface area contributed by atoms with Crippen LogP contribution in [0.1, 0.15) is 6.92 Å². The van der Waals surface area contributed by atoms with Crippen LogP contribution in [0.15, 0.2) is 46.4 Å². The number of nitrogens with zero attached hydrogens (tertiary/aromatic N) is 3. The molecule has 118 valence electrons. The van der Waals surface area contributed by atoms with Crippen molar-refractivity contribution < 1.29 is 14.3 Å². The standard InChI is InChI=1S/C15H20N4O3/c1-13-10-19(8-7-18-13)15(20)22-14-4-2-5-16-12-17-6-3-9-21-11-14/h2-6,11-13,18H,7-10H2,1H3. The van der Waals surface area contributed by atoms with Crippen LogP contribution in [-0.4, -0.2) is 55.8 Å². The molecule has 1 unspecified atom stereocenters. The first-order chi connectivity index (χ1) is 10.8. The second-order valence-electron chi connectivity index (χ2n) is 4.83. The summed E-state index contributed by atoms with van der Waals surface area (Å²) in [6, 6.07) is 0.259. The quantitative estimate of drug-likeness (QED) is 0.795. The number of piperazine rings is 1. The Hall–Kier alpha value is -2.41. The third-order valence-corrected chi connectivity index (χ3v) is 2.98. The Kier molecular flexibility index (Phi) is 6.38. The average Bonchev–Trinajstić information content (AvgIpc) is 2.50. The first-order valence-electron chi connectivity index (χ1n) is 7.14. The van der Waals surface area contributed by atoms with Crippen molar-refractivity contribution in [2.45, 2.75) is 13.0 Å². The Morgan fingerprint density at radius 2 is 2.41 bits per heavy atom. The van der Waals surface area contributed by atoms with Gasteiger partial charge < -0.3 is 19.7 Å². The summed E-state index contributed by atoms with van der Waals surface area (Å²) < 4.78 is 10.7. The van der Waals surface area contributed by atoms with E-state index in [1.165, 1.54) is 12.6 Å². The fourth-order valence-electron chi connectivity index (χ4n) is 1.95. The van der Waals surface area contributed by atoms with Crippen LogP contribution in [0.5, 0.6) is 0 Å². The highest BCUT2D eigenvalue weighted by Crippen LogP contribution is 2.08. The lowest BCUT2D eigenvalue weighted by Gasteiger charge is -2.30. The van der Waals surface area contributed by atoms with Gasteiger partial charge >= 0.3 is 6.09 Å². The van der Waals surface area contributed by atoms with Crippen LogP contribution in [0.2, 0.25) is 0 Å². The number of carbonyl (C=O) groups excluding carboxylic acids is 1. The average molecular weight is 304 g/mol. The molecular formula is C15H20N4O3. The molecule has 0 saturated carbocycles. The summed E-state index contributed by atoms with van der Waals surface area (Å²) >= 11 is 0. The maximum Gasteiger partial charge on any atom is 0.415 e. The van der Waals surface area contributed by atoms with Gasteiger partial charge in [0, 0.05) is 38.1 Å². The molecule has 0 aliphatic carbocycles. The molecule has 2 aliphatic heterocycles. The van der Waals surface area contributed by atoms with Gasteiger partial charge in [-0.25, -0.2) is 14.8 Å². The molecule has 1 atom stereocenters. The highest BCUT2D eigenvalue weighted by atomic mass is 16.6. The van der Waals surface area contributed by atoms with Crippen LogP contribution in [0.3, 0.4) is 0 Å². The van der Waals surface area contributed by atoms with Gasteiger partial charge in [0.1, 0.15) is 19.2 Å². The van der Waals surface area contributed by atoms with Crippen molar-refractivity contribution >= 4 is 18.6 Å². The van der Waals surface area contributed by atoms with Crippen LogP contribution in [0.25, 0.3) is 0 Å². The van der Waals surface area contributed by atoms with Crippen molar-refractivity contribution in [1.82, 2.24) is 10.2 Å². The predicted octanol–water partition coefficient (Wildman–Crippen LogP) is 1.46. The fraction of sp³-hybridized carbons (Fsp3) is 0.400. The maximum atomic E-state index is 12.2. The highest BCUT2D eigenvalue weighted by molar-refractivity contribution is 5.80. The van der Waals surface area contributed by atoms with Crippen LogP contribution >= 0.6 is 0 Å². The molecule has 2 aliphatic rings. The van der Waals surface area contributed by atoms with E-state index in [0.29, 0.717) is 25.5 Å². The normalized spacial score (nSPS) is 22.3. The Morgan fingerprint density at radius 1 is 1.50 bits per heavy atom. The van der Waals surface area contributed by atoms with Gasteiger partial charge in [0.25, 0.3) is 0 Å². The number of nitrogens with one attached hydrogen (secondary N) is 1. The second-order valence-corrected chi connectivity index (χ2v) is 4.83. The summed E-state index contributed by atoms with van der Waals surface area (Å²) in [5.41, 5.74) is 0. The van der Waals surface area contributed by atoms with E-state index in [9.17, 15) is 4.79 Å². The number of hydrogen-bond donors (Lipinski definition) is 1. The van der Waals surface area contributed by atoms with Gasteiger partial charge in [-0.15, -0.1) is 0 Å². The molecule has 7 nitrogen and oxygen atoms in total. The Labute approximate surface area is 129 Å². The second kappa shape index (κ2) is 8.78. The molecule has 2 rings (SSSR count). The zero-order valence-corrected chi connectivity index (χ0v) is 12.5. The fourth-order valence-corrected chi connectivity index (χ4v) is 1.95. The molecule has 2 heterocycles. The Bertz CT molecular complexity index is 523. The largest absolute Gasteiger partial charge is 0.493 e. The molecule has 1 saturated heterocycles. The van der Waals surface area contributed by atoms with E-state index >= 15 is 0 Å². The number of carbonyl (C=O) groups is 1. The lowest BCUT2D eigenvalue weighted by Crippen LogP contribution is -2.51. The van der Waals surface area contributed by atoms with Gasteiger partial charge in [0.15, 0.2) is 5.76 Å². The molecule has 1 N–H and O–H groups in total. The van der Waals surface area contributed by atoms with Gasteiger partial charge in [0.2, 0.25) is 0 Å². The summed E-state index contributed by atoms with van der Waals surface area (Å²) in [4.78, 5) is 21.7. The minimum atomic E-state index is -0.381. The lowest BCUT2D eigenvalue weighted by atomic mass is 10.2. The lowest BCUT2D eigenvalue weighted by molar-refractivity contribution is 0.114. The first kappa shape index (κ1) is 16.0. The molecule has 7 heteroatoms. The Balaban J connectivity index is 1.98. The monoisotopic (exact) mass is 304 g/mol. The highest BCUT2D eigenvalue weighted by Gasteiger charge is 2.22. The van der Waals surface area contributed by atoms with Crippen LogP contribution in [0.4, 0.5) is 4.79 Å². The molecule has 0 bridgehead atoms. The molecule has 1 fully saturated rings. The molecule has 0 aromatic heterocycles. The van der Waals surface area contributed by atoms with E-state index < -0.39 is 0 Å². The summed E-state index contributed by atoms with van der Waals surface area (Å²) in [5, 5.41) is 3.28. The zero-order chi connectivity index (χ0) is 15.6. The molecule has 0 aromatic rings. The molecule has 0 spiro atoms. The predicted molar refractivity (Wildman–Crippen MR) is 84.8 cm³/mol. The van der Waals surface area contributed by atoms with Crippen LogP contribution in [-0.2, 0) is 9.47 Å². The molecule has 0 radical (unpaired) electrons. The smallest absolute Gasteiger partial charge is 0.415 e. The van der Waals surface area contributed by atoms with Gasteiger partial charge in [0.05, 0.1) is 0 Å². The maximum absolute atomic E-state index is 12.2. The molecule has 0 aromatic carbocycles. The van der Waals surface area contributed by atoms with Crippen LogP contribution < -0.4 is 5.32 Å². The van der Waals surface area contributed by atoms with E-state index in [2.05, 4.69) is 15.3 Å². The minimum Gasteiger partial charge on any atom is -0.493 e. The van der Waals surface area contributed by atoms with Crippen molar-refractivity contribution in [3.05, 3.63) is 36.4 Å². The van der Waals surface area contributed by atoms with Gasteiger partial charge in [-0.05, 0) is 25.2 Å². The third kappa shape index (κ3) is 5.53. The number of aliphatic imine (C=N–C) groups is 2. The zero-order valence-electron chi connectivity index (χ0n) is 12.5. The van der Waals surface area contributed by atoms with Crippen molar-refractivity contribution in [2.75, 3.05) is 26.2 Å². The van der Waals surface area contributed by atoms with Gasteiger partial charge in [-0.1, -0.05) is 0 Å². The van der Waals surface area contributed by atoms with Gasteiger partial charge in [-0.3, -0.25) is 0 Å². The number of rotatable bonds is 1. The van der Waals surface area contributed by atoms with E-state index in [4.69, 9.17) is 9.47 Å². The number of amides is 1. The third-order valence-electron chi connectivity index (χ3n) is 2.98. The van der Waals surface area contributed by atoms with E-state index in [-0.39, 0.29) is 12.1 Å². The summed E-state index contributed by atoms with van der Waals surface area (Å²) in [5.74, 6) is 0.327. The molecule has 1 amide bonds. The van der Waals surface area contributed by atoms with E-state index in [1.54, 1.807) is 35.5 Å². The topological polar surface area (TPSA) is 75.5 Å². The first-order valence-corrected chi connectivity index (χ1v) is 7.14. The number of ether oxygens (including phenoxy) is 2. The minimum absolute atomic E-state index is 0.259. The van der Waals surface area contributed by atoms with Crippen molar-refractivity contribution in [2.24, 2.45) is 9.98 Å². The van der Waals surface area contributed by atoms with Crippen LogP contribution in [0, 0.1) is 0 Å². The summed E-state index contributed by atoms with van der Waals surface area (Å²) in [6.45, 7) is 4.38. The SMILES string of the molecule is CC1CN(C(=O)OC2=COCC=CN=CN=CC=C2)CCN1. The molecule has 22 heavy (non-hydrogen) atoms. The number of allylic oxidation sites excluding steroid dienone is 2. The Morgan fingerprint density at radius 3 is 3.27 bits per heavy atom.